The van der Waals surface area contributed by atoms with Crippen LogP contribution >= 0.6 is 7.82 Å². The summed E-state index contributed by atoms with van der Waals surface area (Å²) < 4.78 is 32.2. The smallest absolute Gasteiger partial charge is 0.306 e. The van der Waals surface area contributed by atoms with Gasteiger partial charge in [0.15, 0.2) is 6.10 Å². The number of esters is 2. The highest BCUT2D eigenvalue weighted by Gasteiger charge is 2.20. The van der Waals surface area contributed by atoms with Gasteiger partial charge in [0.05, 0.1) is 13.2 Å². The molecule has 0 aliphatic rings. The second-order valence-corrected chi connectivity index (χ2v) is 14.7. The Kier molecular flexibility index (Phi) is 38.7. The Morgan fingerprint density at radius 2 is 0.939 bits per heavy atom. The third-order valence-electron chi connectivity index (χ3n) is 8.56. The topological polar surface area (TPSA) is 111 Å². The molecule has 0 rings (SSSR count). The number of ether oxygens (including phenoxy) is 2. The summed E-state index contributed by atoms with van der Waals surface area (Å²) in [6, 6.07) is 0. The fraction of sp³-hybridized carbons (Fsp3) is 0.900. The van der Waals surface area contributed by atoms with Crippen LogP contribution in [0.15, 0.2) is 12.2 Å². The zero-order valence-electron chi connectivity index (χ0n) is 31.4. The van der Waals surface area contributed by atoms with Crippen molar-refractivity contribution in [1.29, 1.82) is 0 Å². The summed E-state index contributed by atoms with van der Waals surface area (Å²) in [6.45, 7) is 5.27. The number of carbonyl (C=O) groups excluding carboxylic acids is 2. The monoisotopic (exact) mass is 718 g/mol. The summed E-state index contributed by atoms with van der Waals surface area (Å²) in [4.78, 5) is 36.7. The van der Waals surface area contributed by atoms with E-state index in [0.29, 0.717) is 6.42 Å². The second kappa shape index (κ2) is 38.0. The summed E-state index contributed by atoms with van der Waals surface area (Å²) in [5.74, 6) is -0.836. The van der Waals surface area contributed by atoms with Crippen molar-refractivity contribution in [2.75, 3.05) is 19.8 Å². The van der Waals surface area contributed by atoms with Crippen LogP contribution < -0.4 is 4.89 Å². The number of hydrogen-bond acceptors (Lipinski definition) is 8. The molecule has 0 aromatic carbocycles. The van der Waals surface area contributed by atoms with Crippen LogP contribution in [0.25, 0.3) is 0 Å². The molecule has 0 amide bonds. The van der Waals surface area contributed by atoms with Gasteiger partial charge in [0.2, 0.25) is 0 Å². The molecule has 49 heavy (non-hydrogen) atoms. The normalized spacial score (nSPS) is 13.2. The highest BCUT2D eigenvalue weighted by molar-refractivity contribution is 7.45. The van der Waals surface area contributed by atoms with Crippen molar-refractivity contribution >= 4 is 19.8 Å². The lowest BCUT2D eigenvalue weighted by Gasteiger charge is -2.25. The molecule has 0 bridgehead atoms. The zero-order valence-corrected chi connectivity index (χ0v) is 32.3. The van der Waals surface area contributed by atoms with Crippen LogP contribution in [0.2, 0.25) is 0 Å². The molecule has 0 aliphatic carbocycles. The SMILES string of the molecule is C.CCCCCCCC/C=C\CCCCCCCC(=O)O[C@H](COC(=O)CCCCCCCCCCCCCCC)COP(=O)([O-])OCC. The van der Waals surface area contributed by atoms with Crippen LogP contribution in [0.3, 0.4) is 0 Å². The Hall–Kier alpha value is -1.21. The number of hydrogen-bond donors (Lipinski definition) is 0. The summed E-state index contributed by atoms with van der Waals surface area (Å²) in [5, 5.41) is 0. The predicted molar refractivity (Wildman–Crippen MR) is 203 cm³/mol. The van der Waals surface area contributed by atoms with Gasteiger partial charge in [-0.3, -0.25) is 14.2 Å². The molecular weight excluding hydrogens is 639 g/mol. The van der Waals surface area contributed by atoms with Crippen LogP contribution in [0, 0.1) is 0 Å². The maximum absolute atomic E-state index is 12.5. The lowest BCUT2D eigenvalue weighted by atomic mass is 10.0. The third kappa shape index (κ3) is 37.9. The molecule has 0 saturated heterocycles. The number of allylic oxidation sites excluding steroid dienone is 2. The number of rotatable bonds is 37. The Bertz CT molecular complexity index is 803. The molecule has 292 valence electrons. The maximum atomic E-state index is 12.5. The number of phosphoric ester groups is 1. The van der Waals surface area contributed by atoms with Gasteiger partial charge in [0.25, 0.3) is 7.82 Å². The van der Waals surface area contributed by atoms with Crippen molar-refractivity contribution in [3.63, 3.8) is 0 Å². The summed E-state index contributed by atoms with van der Waals surface area (Å²) in [7, 11) is -4.52. The minimum atomic E-state index is -4.52. The standard InChI is InChI=1S/C39H75O8P.CH4/c1-4-7-9-11-13-15-17-19-20-22-24-26-28-30-32-34-39(41)47-37(36-46-48(42,43)45-6-3)35-44-38(40)33-31-29-27-25-23-21-18-16-14-12-10-8-5-2;/h19-20,37H,4-18,21-36H2,1-3H3,(H,42,43);1H4/p-1/b20-19-;/t37-;/m1./s1. The van der Waals surface area contributed by atoms with Crippen molar-refractivity contribution in [1.82, 2.24) is 0 Å². The molecule has 0 N–H and O–H groups in total. The molecule has 0 spiro atoms. The molecule has 0 aromatic rings. The van der Waals surface area contributed by atoms with E-state index in [2.05, 4.69) is 30.5 Å². The minimum absolute atomic E-state index is 0. The van der Waals surface area contributed by atoms with Crippen molar-refractivity contribution < 1.29 is 37.6 Å². The van der Waals surface area contributed by atoms with Gasteiger partial charge in [0.1, 0.15) is 6.61 Å². The van der Waals surface area contributed by atoms with Gasteiger partial charge in [-0.05, 0) is 45.4 Å². The lowest BCUT2D eigenvalue weighted by molar-refractivity contribution is -0.228. The summed E-state index contributed by atoms with van der Waals surface area (Å²) >= 11 is 0. The van der Waals surface area contributed by atoms with Crippen LogP contribution in [-0.4, -0.2) is 37.9 Å². The first-order valence-electron chi connectivity index (χ1n) is 19.9. The van der Waals surface area contributed by atoms with E-state index in [4.69, 9.17) is 14.0 Å². The molecule has 0 fully saturated rings. The van der Waals surface area contributed by atoms with E-state index in [0.717, 1.165) is 51.4 Å². The van der Waals surface area contributed by atoms with E-state index in [1.165, 1.54) is 116 Å². The molecule has 0 aromatic heterocycles. The van der Waals surface area contributed by atoms with Crippen LogP contribution in [-0.2, 0) is 32.7 Å². The van der Waals surface area contributed by atoms with Gasteiger partial charge in [-0.2, -0.15) is 0 Å². The van der Waals surface area contributed by atoms with E-state index < -0.39 is 26.5 Å². The molecule has 0 aliphatic heterocycles. The highest BCUT2D eigenvalue weighted by atomic mass is 31.2. The Morgan fingerprint density at radius 1 is 0.551 bits per heavy atom. The van der Waals surface area contributed by atoms with Crippen molar-refractivity contribution in [2.24, 2.45) is 0 Å². The molecule has 0 saturated carbocycles. The quantitative estimate of drug-likeness (QED) is 0.0270. The van der Waals surface area contributed by atoms with Crippen molar-refractivity contribution in [3.8, 4) is 0 Å². The number of unbranched alkanes of at least 4 members (excludes halogenated alkanes) is 23. The first kappa shape index (κ1) is 49.9. The third-order valence-corrected chi connectivity index (χ3v) is 9.60. The fourth-order valence-electron chi connectivity index (χ4n) is 5.62. The number of carbonyl (C=O) groups is 2. The molecule has 0 radical (unpaired) electrons. The number of phosphoric acid groups is 1. The average Bonchev–Trinajstić information content (AvgIpc) is 3.06. The molecule has 8 nitrogen and oxygen atoms in total. The van der Waals surface area contributed by atoms with E-state index in [1.54, 1.807) is 0 Å². The Balaban J connectivity index is 0. The van der Waals surface area contributed by atoms with Crippen molar-refractivity contribution in [3.05, 3.63) is 12.2 Å². The maximum Gasteiger partial charge on any atom is 0.306 e. The Morgan fingerprint density at radius 3 is 1.37 bits per heavy atom. The largest absolute Gasteiger partial charge is 0.756 e. The van der Waals surface area contributed by atoms with Crippen molar-refractivity contribution in [2.45, 2.75) is 214 Å². The van der Waals surface area contributed by atoms with Crippen LogP contribution in [0.1, 0.15) is 208 Å². The van der Waals surface area contributed by atoms with E-state index in [-0.39, 0.29) is 39.5 Å². The first-order chi connectivity index (χ1) is 23.3. The lowest BCUT2D eigenvalue weighted by Crippen LogP contribution is -2.30. The molecular formula is C40H78O8P-. The molecule has 1 unspecified atom stereocenters. The van der Waals surface area contributed by atoms with Gasteiger partial charge in [-0.1, -0.05) is 162 Å². The molecule has 0 heterocycles. The zero-order chi connectivity index (χ0) is 35.4. The highest BCUT2D eigenvalue weighted by Crippen LogP contribution is 2.38. The van der Waals surface area contributed by atoms with Gasteiger partial charge < -0.3 is 23.4 Å². The van der Waals surface area contributed by atoms with Gasteiger partial charge >= 0.3 is 11.9 Å². The summed E-state index contributed by atoms with van der Waals surface area (Å²) in [5.41, 5.74) is 0. The van der Waals surface area contributed by atoms with Crippen LogP contribution in [0.5, 0.6) is 0 Å². The summed E-state index contributed by atoms with van der Waals surface area (Å²) in [6.07, 6.45) is 35.2. The van der Waals surface area contributed by atoms with Gasteiger partial charge in [0, 0.05) is 12.8 Å². The Labute approximate surface area is 302 Å². The van der Waals surface area contributed by atoms with Gasteiger partial charge in [-0.15, -0.1) is 0 Å². The first-order valence-corrected chi connectivity index (χ1v) is 21.4. The molecule has 9 heteroatoms. The van der Waals surface area contributed by atoms with E-state index in [1.807, 2.05) is 0 Å². The molecule has 2 atom stereocenters. The van der Waals surface area contributed by atoms with E-state index in [9.17, 15) is 19.0 Å². The predicted octanol–water partition coefficient (Wildman–Crippen LogP) is 12.1. The fourth-order valence-corrected chi connectivity index (χ4v) is 6.36. The van der Waals surface area contributed by atoms with Crippen LogP contribution in [0.4, 0.5) is 0 Å². The van der Waals surface area contributed by atoms with E-state index >= 15 is 0 Å². The second-order valence-electron chi connectivity index (χ2n) is 13.3. The average molecular weight is 718 g/mol. The van der Waals surface area contributed by atoms with Gasteiger partial charge in [-0.25, -0.2) is 0 Å². The minimum Gasteiger partial charge on any atom is -0.756 e.